The first-order chi connectivity index (χ1) is 6.83. The highest BCUT2D eigenvalue weighted by Crippen LogP contribution is 1.99. The van der Waals surface area contributed by atoms with Crippen molar-refractivity contribution in [1.82, 2.24) is 10.3 Å². The second kappa shape index (κ2) is 6.51. The van der Waals surface area contributed by atoms with E-state index in [4.69, 9.17) is 5.73 Å². The van der Waals surface area contributed by atoms with Crippen LogP contribution in [0.4, 0.5) is 0 Å². The van der Waals surface area contributed by atoms with E-state index < -0.39 is 0 Å². The van der Waals surface area contributed by atoms with Crippen LogP contribution in [-0.2, 0) is 6.42 Å². The van der Waals surface area contributed by atoms with Crippen molar-refractivity contribution >= 4 is 0 Å². The maximum Gasteiger partial charge on any atom is 0.0299 e. The van der Waals surface area contributed by atoms with Crippen molar-refractivity contribution in [3.05, 3.63) is 30.1 Å². The van der Waals surface area contributed by atoms with Gasteiger partial charge in [0.2, 0.25) is 0 Å². The summed E-state index contributed by atoms with van der Waals surface area (Å²) in [5, 5.41) is 3.36. The third-order valence-electron chi connectivity index (χ3n) is 2.21. The number of aromatic nitrogens is 1. The van der Waals surface area contributed by atoms with Crippen LogP contribution >= 0.6 is 0 Å². The Hall–Kier alpha value is -0.930. The van der Waals surface area contributed by atoms with Crippen LogP contribution < -0.4 is 11.1 Å². The normalized spacial score (nSPS) is 12.7. The van der Waals surface area contributed by atoms with Crippen LogP contribution in [0.15, 0.2) is 24.5 Å². The first-order valence-corrected chi connectivity index (χ1v) is 5.15. The SMILES string of the molecule is C[C@@H](CN)NCCCc1cccnc1. The van der Waals surface area contributed by atoms with Crippen LogP contribution in [0, 0.1) is 0 Å². The van der Waals surface area contributed by atoms with E-state index in [-0.39, 0.29) is 0 Å². The van der Waals surface area contributed by atoms with E-state index in [1.54, 1.807) is 6.20 Å². The molecule has 0 aromatic carbocycles. The molecule has 0 aliphatic rings. The Labute approximate surface area is 85.7 Å². The van der Waals surface area contributed by atoms with Crippen molar-refractivity contribution in [3.8, 4) is 0 Å². The van der Waals surface area contributed by atoms with Gasteiger partial charge in [0, 0.05) is 25.0 Å². The molecular weight excluding hydrogens is 174 g/mol. The third-order valence-corrected chi connectivity index (χ3v) is 2.21. The molecule has 0 amide bonds. The number of hydrogen-bond acceptors (Lipinski definition) is 3. The minimum absolute atomic E-state index is 0.420. The van der Waals surface area contributed by atoms with Gasteiger partial charge < -0.3 is 11.1 Å². The average Bonchev–Trinajstić information content (AvgIpc) is 2.25. The summed E-state index contributed by atoms with van der Waals surface area (Å²) >= 11 is 0. The van der Waals surface area contributed by atoms with E-state index in [1.165, 1.54) is 5.56 Å². The Morgan fingerprint density at radius 3 is 3.07 bits per heavy atom. The summed E-state index contributed by atoms with van der Waals surface area (Å²) in [6, 6.07) is 4.51. The molecule has 3 heteroatoms. The predicted octanol–water partition coefficient (Wildman–Crippen LogP) is 0.951. The molecule has 0 aliphatic heterocycles. The fraction of sp³-hybridized carbons (Fsp3) is 0.545. The zero-order chi connectivity index (χ0) is 10.2. The Bertz CT molecular complexity index is 236. The topological polar surface area (TPSA) is 50.9 Å². The second-order valence-electron chi connectivity index (χ2n) is 3.56. The van der Waals surface area contributed by atoms with Crippen molar-refractivity contribution in [2.45, 2.75) is 25.8 Å². The lowest BCUT2D eigenvalue weighted by Crippen LogP contribution is -2.33. The van der Waals surface area contributed by atoms with E-state index in [9.17, 15) is 0 Å². The van der Waals surface area contributed by atoms with Gasteiger partial charge in [0.25, 0.3) is 0 Å². The highest BCUT2D eigenvalue weighted by Gasteiger charge is 1.96. The van der Waals surface area contributed by atoms with Crippen LogP contribution in [-0.4, -0.2) is 24.1 Å². The number of hydrogen-bond donors (Lipinski definition) is 2. The van der Waals surface area contributed by atoms with Crippen molar-refractivity contribution in [2.24, 2.45) is 5.73 Å². The molecule has 1 heterocycles. The Kier molecular flexibility index (Phi) is 5.19. The van der Waals surface area contributed by atoms with Crippen molar-refractivity contribution < 1.29 is 0 Å². The molecule has 14 heavy (non-hydrogen) atoms. The molecule has 0 spiro atoms. The maximum absolute atomic E-state index is 5.49. The molecule has 0 saturated carbocycles. The van der Waals surface area contributed by atoms with Gasteiger partial charge in [0.1, 0.15) is 0 Å². The van der Waals surface area contributed by atoms with Gasteiger partial charge in [0.05, 0.1) is 0 Å². The lowest BCUT2D eigenvalue weighted by Gasteiger charge is -2.10. The average molecular weight is 193 g/mol. The number of rotatable bonds is 6. The van der Waals surface area contributed by atoms with Gasteiger partial charge in [0.15, 0.2) is 0 Å². The molecule has 0 fully saturated rings. The quantitative estimate of drug-likeness (QED) is 0.661. The smallest absolute Gasteiger partial charge is 0.0299 e. The number of pyridine rings is 1. The van der Waals surface area contributed by atoms with E-state index in [0.717, 1.165) is 19.4 Å². The van der Waals surface area contributed by atoms with Crippen LogP contribution in [0.2, 0.25) is 0 Å². The number of nitrogens with one attached hydrogen (secondary N) is 1. The summed E-state index contributed by atoms with van der Waals surface area (Å²) in [7, 11) is 0. The molecule has 0 saturated heterocycles. The summed E-state index contributed by atoms with van der Waals surface area (Å²) < 4.78 is 0. The largest absolute Gasteiger partial charge is 0.329 e. The molecule has 1 atom stereocenters. The molecule has 0 aliphatic carbocycles. The lowest BCUT2D eigenvalue weighted by atomic mass is 10.1. The summed E-state index contributed by atoms with van der Waals surface area (Å²) in [5.41, 5.74) is 6.79. The standard InChI is InChI=1S/C11H19N3/c1-10(8-12)14-7-3-5-11-4-2-6-13-9-11/h2,4,6,9-10,14H,3,5,7-8,12H2,1H3/t10-/m0/s1. The number of aryl methyl sites for hydroxylation is 1. The lowest BCUT2D eigenvalue weighted by molar-refractivity contribution is 0.543. The fourth-order valence-corrected chi connectivity index (χ4v) is 1.27. The van der Waals surface area contributed by atoms with Gasteiger partial charge >= 0.3 is 0 Å². The van der Waals surface area contributed by atoms with E-state index in [0.29, 0.717) is 12.6 Å². The number of nitrogens with two attached hydrogens (primary N) is 1. The number of nitrogens with zero attached hydrogens (tertiary/aromatic N) is 1. The summed E-state index contributed by atoms with van der Waals surface area (Å²) in [6.07, 6.45) is 5.94. The van der Waals surface area contributed by atoms with E-state index in [2.05, 4.69) is 23.3 Å². The Balaban J connectivity index is 2.10. The Morgan fingerprint density at radius 2 is 2.43 bits per heavy atom. The third kappa shape index (κ3) is 4.35. The summed E-state index contributed by atoms with van der Waals surface area (Å²) in [4.78, 5) is 4.07. The van der Waals surface area contributed by atoms with Gasteiger partial charge in [-0.3, -0.25) is 4.98 Å². The first-order valence-electron chi connectivity index (χ1n) is 5.15. The molecule has 0 unspecified atom stereocenters. The molecule has 3 N–H and O–H groups in total. The summed E-state index contributed by atoms with van der Waals surface area (Å²) in [5.74, 6) is 0. The van der Waals surface area contributed by atoms with Gasteiger partial charge in [-0.2, -0.15) is 0 Å². The molecule has 78 valence electrons. The van der Waals surface area contributed by atoms with E-state index >= 15 is 0 Å². The van der Waals surface area contributed by atoms with Crippen LogP contribution in [0.3, 0.4) is 0 Å². The van der Waals surface area contributed by atoms with E-state index in [1.807, 2.05) is 12.3 Å². The van der Waals surface area contributed by atoms with Gasteiger partial charge in [-0.1, -0.05) is 6.07 Å². The monoisotopic (exact) mass is 193 g/mol. The fourth-order valence-electron chi connectivity index (χ4n) is 1.27. The van der Waals surface area contributed by atoms with Crippen molar-refractivity contribution in [3.63, 3.8) is 0 Å². The molecule has 3 nitrogen and oxygen atoms in total. The van der Waals surface area contributed by atoms with Crippen molar-refractivity contribution in [2.75, 3.05) is 13.1 Å². The highest BCUT2D eigenvalue weighted by atomic mass is 14.9. The van der Waals surface area contributed by atoms with Gasteiger partial charge in [-0.25, -0.2) is 0 Å². The minimum Gasteiger partial charge on any atom is -0.329 e. The zero-order valence-corrected chi connectivity index (χ0v) is 8.74. The molecule has 0 radical (unpaired) electrons. The predicted molar refractivity (Wildman–Crippen MR) is 59.1 cm³/mol. The Morgan fingerprint density at radius 1 is 1.57 bits per heavy atom. The molecule has 1 aromatic heterocycles. The van der Waals surface area contributed by atoms with Crippen LogP contribution in [0.1, 0.15) is 18.9 Å². The highest BCUT2D eigenvalue weighted by molar-refractivity contribution is 5.08. The van der Waals surface area contributed by atoms with Gasteiger partial charge in [-0.15, -0.1) is 0 Å². The van der Waals surface area contributed by atoms with Crippen LogP contribution in [0.25, 0.3) is 0 Å². The molecule has 0 bridgehead atoms. The minimum atomic E-state index is 0.420. The second-order valence-corrected chi connectivity index (χ2v) is 3.56. The maximum atomic E-state index is 5.49. The molecule has 1 rings (SSSR count). The van der Waals surface area contributed by atoms with Crippen molar-refractivity contribution in [1.29, 1.82) is 0 Å². The van der Waals surface area contributed by atoms with Gasteiger partial charge in [-0.05, 0) is 37.9 Å². The molecular formula is C11H19N3. The molecule has 1 aromatic rings. The first kappa shape index (κ1) is 11.1. The summed E-state index contributed by atoms with van der Waals surface area (Å²) in [6.45, 7) is 3.82. The van der Waals surface area contributed by atoms with Crippen LogP contribution in [0.5, 0.6) is 0 Å². The zero-order valence-electron chi connectivity index (χ0n) is 8.74.